The van der Waals surface area contributed by atoms with Gasteiger partial charge in [0.1, 0.15) is 17.1 Å². The lowest BCUT2D eigenvalue weighted by Crippen LogP contribution is -2.13. The van der Waals surface area contributed by atoms with Crippen LogP contribution in [0.4, 0.5) is 5.69 Å². The van der Waals surface area contributed by atoms with Crippen LogP contribution >= 0.6 is 0 Å². The summed E-state index contributed by atoms with van der Waals surface area (Å²) in [6, 6.07) is 12.6. The van der Waals surface area contributed by atoms with Gasteiger partial charge >= 0.3 is 0 Å². The average Bonchev–Trinajstić information content (AvgIpc) is 3.00. The third kappa shape index (κ3) is 3.44. The molecule has 0 radical (unpaired) electrons. The summed E-state index contributed by atoms with van der Waals surface area (Å²) < 4.78 is 21.4. The molecule has 3 aromatic rings. The van der Waals surface area contributed by atoms with E-state index in [-0.39, 0.29) is 18.3 Å². The molecule has 1 amide bonds. The number of amides is 1. The fourth-order valence-electron chi connectivity index (χ4n) is 2.64. The SMILES string of the molecule is COCc1c(C(=O)Nc2cc(OC)cc(OC)c2)oc2ccccc12. The maximum absolute atomic E-state index is 12.7. The number of nitrogens with one attached hydrogen (secondary N) is 1. The van der Waals surface area contributed by atoms with E-state index in [1.807, 2.05) is 24.3 Å². The van der Waals surface area contributed by atoms with Gasteiger partial charge in [-0.2, -0.15) is 0 Å². The Labute approximate surface area is 145 Å². The summed E-state index contributed by atoms with van der Waals surface area (Å²) in [6.45, 7) is 0.279. The number of hydrogen-bond acceptors (Lipinski definition) is 5. The fraction of sp³-hybridized carbons (Fsp3) is 0.211. The zero-order chi connectivity index (χ0) is 17.8. The highest BCUT2D eigenvalue weighted by Gasteiger charge is 2.20. The van der Waals surface area contributed by atoms with Crippen LogP contribution in [0, 0.1) is 0 Å². The van der Waals surface area contributed by atoms with Crippen LogP contribution < -0.4 is 14.8 Å². The van der Waals surface area contributed by atoms with Gasteiger partial charge in [0.25, 0.3) is 5.91 Å². The minimum atomic E-state index is -0.362. The first-order valence-electron chi connectivity index (χ1n) is 7.70. The van der Waals surface area contributed by atoms with Crippen LogP contribution in [-0.4, -0.2) is 27.2 Å². The number of hydrogen-bond donors (Lipinski definition) is 1. The lowest BCUT2D eigenvalue weighted by atomic mass is 10.1. The highest BCUT2D eigenvalue weighted by Crippen LogP contribution is 2.29. The predicted octanol–water partition coefficient (Wildman–Crippen LogP) is 3.85. The van der Waals surface area contributed by atoms with Crippen molar-refractivity contribution in [1.29, 1.82) is 0 Å². The van der Waals surface area contributed by atoms with E-state index in [0.29, 0.717) is 28.3 Å². The number of rotatable bonds is 6. The molecule has 6 heteroatoms. The Morgan fingerprint density at radius 1 is 1.04 bits per heavy atom. The van der Waals surface area contributed by atoms with Crippen molar-refractivity contribution < 1.29 is 23.4 Å². The maximum atomic E-state index is 12.7. The van der Waals surface area contributed by atoms with Crippen molar-refractivity contribution in [2.75, 3.05) is 26.6 Å². The third-order valence-corrected chi connectivity index (χ3v) is 3.80. The van der Waals surface area contributed by atoms with Gasteiger partial charge in [0.2, 0.25) is 0 Å². The van der Waals surface area contributed by atoms with E-state index in [0.717, 1.165) is 5.39 Å². The summed E-state index contributed by atoms with van der Waals surface area (Å²) in [5, 5.41) is 3.68. The Bertz CT molecular complexity index is 878. The van der Waals surface area contributed by atoms with E-state index in [9.17, 15) is 4.79 Å². The van der Waals surface area contributed by atoms with Crippen LogP contribution in [-0.2, 0) is 11.3 Å². The summed E-state index contributed by atoms with van der Waals surface area (Å²) in [5.41, 5.74) is 1.90. The molecule has 0 saturated carbocycles. The highest BCUT2D eigenvalue weighted by atomic mass is 16.5. The van der Waals surface area contributed by atoms with Gasteiger partial charge in [-0.3, -0.25) is 4.79 Å². The maximum Gasteiger partial charge on any atom is 0.291 e. The molecule has 6 nitrogen and oxygen atoms in total. The van der Waals surface area contributed by atoms with Crippen molar-refractivity contribution in [3.05, 3.63) is 53.8 Å². The zero-order valence-electron chi connectivity index (χ0n) is 14.3. The summed E-state index contributed by atoms with van der Waals surface area (Å²) in [5.74, 6) is 1.02. The number of fused-ring (bicyclic) bond motifs is 1. The van der Waals surface area contributed by atoms with Gasteiger partial charge in [-0.1, -0.05) is 18.2 Å². The lowest BCUT2D eigenvalue weighted by molar-refractivity contribution is 0.0992. The molecule has 1 N–H and O–H groups in total. The Kier molecular flexibility index (Phi) is 4.90. The van der Waals surface area contributed by atoms with Crippen LogP contribution in [0.5, 0.6) is 11.5 Å². The molecule has 0 unspecified atom stereocenters. The first-order valence-corrected chi connectivity index (χ1v) is 7.70. The van der Waals surface area contributed by atoms with E-state index in [1.165, 1.54) is 0 Å². The molecule has 0 aliphatic carbocycles. The molecule has 0 aliphatic rings. The van der Waals surface area contributed by atoms with E-state index in [2.05, 4.69) is 5.32 Å². The van der Waals surface area contributed by atoms with Crippen molar-refractivity contribution in [1.82, 2.24) is 0 Å². The Morgan fingerprint density at radius 2 is 1.72 bits per heavy atom. The van der Waals surface area contributed by atoms with E-state index in [4.69, 9.17) is 18.6 Å². The topological polar surface area (TPSA) is 69.9 Å². The second-order valence-corrected chi connectivity index (χ2v) is 5.39. The van der Waals surface area contributed by atoms with Crippen LogP contribution in [0.25, 0.3) is 11.0 Å². The number of methoxy groups -OCH3 is 3. The molecule has 3 rings (SSSR count). The molecule has 0 spiro atoms. The number of carbonyl (C=O) groups excluding carboxylic acids is 1. The summed E-state index contributed by atoms with van der Waals surface area (Å²) >= 11 is 0. The summed E-state index contributed by atoms with van der Waals surface area (Å²) in [4.78, 5) is 12.7. The molecular weight excluding hydrogens is 322 g/mol. The van der Waals surface area contributed by atoms with Crippen molar-refractivity contribution in [3.63, 3.8) is 0 Å². The number of benzene rings is 2. The van der Waals surface area contributed by atoms with Gasteiger partial charge in [-0.25, -0.2) is 0 Å². The minimum Gasteiger partial charge on any atom is -0.497 e. The second kappa shape index (κ2) is 7.27. The van der Waals surface area contributed by atoms with Gasteiger partial charge in [0.05, 0.1) is 20.8 Å². The molecule has 1 heterocycles. The van der Waals surface area contributed by atoms with Crippen LogP contribution in [0.1, 0.15) is 16.1 Å². The molecule has 0 atom stereocenters. The molecule has 130 valence electrons. The molecule has 0 saturated heterocycles. The largest absolute Gasteiger partial charge is 0.497 e. The van der Waals surface area contributed by atoms with Gasteiger partial charge in [-0.05, 0) is 6.07 Å². The van der Waals surface area contributed by atoms with Crippen molar-refractivity contribution in [2.24, 2.45) is 0 Å². The van der Waals surface area contributed by atoms with E-state index in [1.54, 1.807) is 39.5 Å². The van der Waals surface area contributed by atoms with Crippen LogP contribution in [0.2, 0.25) is 0 Å². The first-order chi connectivity index (χ1) is 12.2. The number of furan rings is 1. The van der Waals surface area contributed by atoms with Crippen LogP contribution in [0.15, 0.2) is 46.9 Å². The quantitative estimate of drug-likeness (QED) is 0.737. The molecule has 1 aromatic heterocycles. The number of carbonyl (C=O) groups is 1. The molecule has 0 fully saturated rings. The van der Waals surface area contributed by atoms with E-state index >= 15 is 0 Å². The molecular formula is C19H19NO5. The summed E-state index contributed by atoms with van der Waals surface area (Å²) in [6.07, 6.45) is 0. The smallest absolute Gasteiger partial charge is 0.291 e. The van der Waals surface area contributed by atoms with E-state index < -0.39 is 0 Å². The fourth-order valence-corrected chi connectivity index (χ4v) is 2.64. The van der Waals surface area contributed by atoms with Gasteiger partial charge < -0.3 is 23.9 Å². The Balaban J connectivity index is 1.96. The predicted molar refractivity (Wildman–Crippen MR) is 94.4 cm³/mol. The van der Waals surface area contributed by atoms with Gasteiger partial charge in [0.15, 0.2) is 5.76 Å². The van der Waals surface area contributed by atoms with Gasteiger partial charge in [0, 0.05) is 41.9 Å². The molecule has 2 aromatic carbocycles. The van der Waals surface area contributed by atoms with Crippen molar-refractivity contribution in [2.45, 2.75) is 6.61 Å². The Morgan fingerprint density at radius 3 is 2.36 bits per heavy atom. The molecule has 0 aliphatic heterocycles. The number of para-hydroxylation sites is 1. The average molecular weight is 341 g/mol. The lowest BCUT2D eigenvalue weighted by Gasteiger charge is -2.09. The number of ether oxygens (including phenoxy) is 3. The second-order valence-electron chi connectivity index (χ2n) is 5.39. The molecule has 0 bridgehead atoms. The van der Waals surface area contributed by atoms with Crippen molar-refractivity contribution in [3.8, 4) is 11.5 Å². The van der Waals surface area contributed by atoms with Crippen LogP contribution in [0.3, 0.4) is 0 Å². The normalized spacial score (nSPS) is 10.7. The first kappa shape index (κ1) is 16.9. The standard InChI is InChI=1S/C19H19NO5/c1-22-11-16-15-6-4-5-7-17(15)25-18(16)19(21)20-12-8-13(23-2)10-14(9-12)24-3/h4-10H,11H2,1-3H3,(H,20,21). The number of anilines is 1. The monoisotopic (exact) mass is 341 g/mol. The van der Waals surface area contributed by atoms with Gasteiger partial charge in [-0.15, -0.1) is 0 Å². The van der Waals surface area contributed by atoms with Crippen molar-refractivity contribution >= 4 is 22.6 Å². The molecule has 25 heavy (non-hydrogen) atoms. The Hall–Kier alpha value is -2.99. The summed E-state index contributed by atoms with van der Waals surface area (Å²) in [7, 11) is 4.68. The minimum absolute atomic E-state index is 0.227. The third-order valence-electron chi connectivity index (χ3n) is 3.80. The highest BCUT2D eigenvalue weighted by molar-refractivity contribution is 6.06. The zero-order valence-corrected chi connectivity index (χ0v) is 14.3.